The molecule has 0 unspecified atom stereocenters. The molecule has 0 bridgehead atoms. The molecule has 24 heavy (non-hydrogen) atoms. The van der Waals surface area contributed by atoms with E-state index in [1.165, 1.54) is 0 Å². The first-order valence-corrected chi connectivity index (χ1v) is 7.89. The second-order valence-corrected chi connectivity index (χ2v) is 5.95. The number of fused-ring (bicyclic) bond motifs is 1. The van der Waals surface area contributed by atoms with Crippen LogP contribution in [0.25, 0.3) is 11.1 Å². The van der Waals surface area contributed by atoms with E-state index in [1.807, 2.05) is 56.3 Å². The highest BCUT2D eigenvalue weighted by atomic mass is 16.5. The summed E-state index contributed by atoms with van der Waals surface area (Å²) in [5.74, 6) is 0.777. The number of rotatable bonds is 6. The average Bonchev–Trinajstić information content (AvgIpc) is 2.97. The fourth-order valence-electron chi connectivity index (χ4n) is 2.41. The van der Waals surface area contributed by atoms with E-state index in [2.05, 4.69) is 10.3 Å². The Morgan fingerprint density at radius 1 is 1.25 bits per heavy atom. The molecule has 0 aliphatic rings. The number of hydrogen-bond acceptors (Lipinski definition) is 5. The number of carbonyl (C=O) groups is 1. The number of methoxy groups -OCH3 is 1. The molecule has 2 aromatic carbocycles. The van der Waals surface area contributed by atoms with Crippen molar-refractivity contribution in [3.8, 4) is 5.75 Å². The van der Waals surface area contributed by atoms with Gasteiger partial charge in [-0.05, 0) is 29.8 Å². The highest BCUT2D eigenvalue weighted by Gasteiger charge is 2.15. The van der Waals surface area contributed by atoms with E-state index in [-0.39, 0.29) is 11.7 Å². The summed E-state index contributed by atoms with van der Waals surface area (Å²) in [6, 6.07) is 13.7. The molecule has 0 atom stereocenters. The van der Waals surface area contributed by atoms with Gasteiger partial charge >= 0.3 is 0 Å². The number of para-hydroxylation sites is 1. The summed E-state index contributed by atoms with van der Waals surface area (Å²) in [4.78, 5) is 16.4. The summed E-state index contributed by atoms with van der Waals surface area (Å²) < 4.78 is 11.2. The van der Waals surface area contributed by atoms with Gasteiger partial charge in [0.05, 0.1) is 7.11 Å². The van der Waals surface area contributed by atoms with Crippen LogP contribution in [0, 0.1) is 5.92 Å². The summed E-state index contributed by atoms with van der Waals surface area (Å²) in [6.45, 7) is 3.79. The monoisotopic (exact) mass is 324 g/mol. The van der Waals surface area contributed by atoms with E-state index in [1.54, 1.807) is 7.11 Å². The lowest BCUT2D eigenvalue weighted by Crippen LogP contribution is -2.10. The minimum absolute atomic E-state index is 0.00303. The Labute approximate surface area is 140 Å². The molecule has 5 heteroatoms. The molecule has 5 nitrogen and oxygen atoms in total. The van der Waals surface area contributed by atoms with E-state index in [0.717, 1.165) is 11.3 Å². The summed E-state index contributed by atoms with van der Waals surface area (Å²) in [5.41, 5.74) is 2.98. The summed E-state index contributed by atoms with van der Waals surface area (Å²) in [7, 11) is 1.59. The lowest BCUT2D eigenvalue weighted by Gasteiger charge is -2.06. The van der Waals surface area contributed by atoms with Crippen LogP contribution in [0.4, 0.5) is 11.7 Å². The largest absolute Gasteiger partial charge is 0.494 e. The third kappa shape index (κ3) is 3.40. The van der Waals surface area contributed by atoms with Gasteiger partial charge < -0.3 is 14.5 Å². The van der Waals surface area contributed by atoms with Crippen LogP contribution in [-0.2, 0) is 11.2 Å². The zero-order chi connectivity index (χ0) is 17.1. The van der Waals surface area contributed by atoms with Crippen molar-refractivity contribution in [3.05, 3.63) is 48.0 Å². The Hall–Kier alpha value is -2.82. The number of nitrogens with zero attached hydrogens (tertiary/aromatic N) is 1. The van der Waals surface area contributed by atoms with E-state index >= 15 is 0 Å². The Morgan fingerprint density at radius 3 is 2.67 bits per heavy atom. The van der Waals surface area contributed by atoms with Crippen molar-refractivity contribution in [2.24, 2.45) is 5.92 Å². The molecule has 1 N–H and O–H groups in total. The molecular formula is C19H20N2O3. The number of nitrogens with one attached hydrogen (secondary N) is 1. The number of benzene rings is 2. The minimum Gasteiger partial charge on any atom is -0.494 e. The van der Waals surface area contributed by atoms with Crippen LogP contribution < -0.4 is 10.1 Å². The molecule has 0 radical (unpaired) electrons. The van der Waals surface area contributed by atoms with Crippen LogP contribution in [0.3, 0.4) is 0 Å². The van der Waals surface area contributed by atoms with Gasteiger partial charge in [-0.1, -0.05) is 32.0 Å². The summed E-state index contributed by atoms with van der Waals surface area (Å²) >= 11 is 0. The quantitative estimate of drug-likeness (QED) is 0.730. The van der Waals surface area contributed by atoms with Crippen LogP contribution in [0.2, 0.25) is 0 Å². The lowest BCUT2D eigenvalue weighted by atomic mass is 10.0. The molecule has 0 aliphatic heterocycles. The molecule has 124 valence electrons. The number of ether oxygens (including phenoxy) is 1. The van der Waals surface area contributed by atoms with Crippen LogP contribution in [-0.4, -0.2) is 17.9 Å². The summed E-state index contributed by atoms with van der Waals surface area (Å²) in [6.07, 6.45) is 0.353. The normalized spacial score (nSPS) is 11.0. The predicted molar refractivity (Wildman–Crippen MR) is 93.8 cm³/mol. The number of aromatic nitrogens is 1. The Bertz CT molecular complexity index is 854. The van der Waals surface area contributed by atoms with Crippen LogP contribution in [0.15, 0.2) is 46.9 Å². The SMILES string of the molecule is COc1cc(CC(=O)C(C)C)cc2oc(Nc3ccccc3)nc12. The van der Waals surface area contributed by atoms with Crippen molar-refractivity contribution in [1.82, 2.24) is 4.98 Å². The molecule has 0 saturated heterocycles. The molecule has 3 aromatic rings. The fraction of sp³-hybridized carbons (Fsp3) is 0.263. The Morgan fingerprint density at radius 2 is 2.00 bits per heavy atom. The van der Waals surface area contributed by atoms with Gasteiger partial charge in [-0.25, -0.2) is 0 Å². The summed E-state index contributed by atoms with van der Waals surface area (Å²) in [5, 5.41) is 3.12. The van der Waals surface area contributed by atoms with Crippen molar-refractivity contribution in [1.29, 1.82) is 0 Å². The van der Waals surface area contributed by atoms with Crippen molar-refractivity contribution in [2.75, 3.05) is 12.4 Å². The number of oxazole rings is 1. The van der Waals surface area contributed by atoms with E-state index in [0.29, 0.717) is 29.3 Å². The van der Waals surface area contributed by atoms with Gasteiger partial charge in [-0.15, -0.1) is 0 Å². The smallest absolute Gasteiger partial charge is 0.300 e. The van der Waals surface area contributed by atoms with Crippen molar-refractivity contribution < 1.29 is 13.9 Å². The Kier molecular flexibility index (Phi) is 4.51. The lowest BCUT2D eigenvalue weighted by molar-refractivity contribution is -0.121. The standard InChI is InChI=1S/C19H20N2O3/c1-12(2)15(22)9-13-10-16(23-3)18-17(11-13)24-19(21-18)20-14-7-5-4-6-8-14/h4-8,10-12H,9H2,1-3H3,(H,20,21). The van der Waals surface area contributed by atoms with E-state index in [4.69, 9.17) is 9.15 Å². The molecule has 3 rings (SSSR count). The number of carbonyl (C=O) groups excluding carboxylic acids is 1. The van der Waals surface area contributed by atoms with Gasteiger partial charge in [0, 0.05) is 18.0 Å². The van der Waals surface area contributed by atoms with Gasteiger partial charge in [0.25, 0.3) is 6.01 Å². The molecule has 0 fully saturated rings. The molecule has 1 aromatic heterocycles. The highest BCUT2D eigenvalue weighted by molar-refractivity contribution is 5.87. The zero-order valence-corrected chi connectivity index (χ0v) is 14.0. The maximum atomic E-state index is 12.0. The third-order valence-corrected chi connectivity index (χ3v) is 3.79. The third-order valence-electron chi connectivity index (χ3n) is 3.79. The number of Topliss-reactive ketones (excluding diaryl/α,β-unsaturated/α-hetero) is 1. The number of anilines is 2. The van der Waals surface area contributed by atoms with Gasteiger partial charge in [0.2, 0.25) is 0 Å². The first-order chi connectivity index (χ1) is 11.6. The highest BCUT2D eigenvalue weighted by Crippen LogP contribution is 2.31. The molecular weight excluding hydrogens is 304 g/mol. The number of hydrogen-bond donors (Lipinski definition) is 1. The second-order valence-electron chi connectivity index (χ2n) is 5.95. The molecule has 1 heterocycles. The second kappa shape index (κ2) is 6.74. The van der Waals surface area contributed by atoms with Crippen molar-refractivity contribution >= 4 is 28.6 Å². The minimum atomic E-state index is -0.00303. The van der Waals surface area contributed by atoms with Gasteiger partial charge in [-0.2, -0.15) is 4.98 Å². The first-order valence-electron chi connectivity index (χ1n) is 7.89. The number of ketones is 1. The zero-order valence-electron chi connectivity index (χ0n) is 14.0. The Balaban J connectivity index is 1.94. The van der Waals surface area contributed by atoms with Crippen molar-refractivity contribution in [2.45, 2.75) is 20.3 Å². The topological polar surface area (TPSA) is 64.4 Å². The van der Waals surface area contributed by atoms with Gasteiger partial charge in [0.15, 0.2) is 11.1 Å². The molecule has 0 aliphatic carbocycles. The molecule has 0 spiro atoms. The maximum absolute atomic E-state index is 12.0. The van der Waals surface area contributed by atoms with Crippen LogP contribution in [0.5, 0.6) is 5.75 Å². The van der Waals surface area contributed by atoms with Crippen LogP contribution in [0.1, 0.15) is 19.4 Å². The van der Waals surface area contributed by atoms with E-state index in [9.17, 15) is 4.79 Å². The van der Waals surface area contributed by atoms with Gasteiger partial charge in [-0.3, -0.25) is 4.79 Å². The van der Waals surface area contributed by atoms with Crippen molar-refractivity contribution in [3.63, 3.8) is 0 Å². The van der Waals surface area contributed by atoms with Gasteiger partial charge in [0.1, 0.15) is 11.5 Å². The average molecular weight is 324 g/mol. The van der Waals surface area contributed by atoms with E-state index < -0.39 is 0 Å². The maximum Gasteiger partial charge on any atom is 0.300 e. The van der Waals surface area contributed by atoms with Crippen LogP contribution >= 0.6 is 0 Å². The predicted octanol–water partition coefficient (Wildman–Crippen LogP) is 4.35. The molecule has 0 saturated carbocycles. The fourth-order valence-corrected chi connectivity index (χ4v) is 2.41. The molecule has 0 amide bonds. The first kappa shape index (κ1) is 16.1.